The van der Waals surface area contributed by atoms with Gasteiger partial charge in [0.25, 0.3) is 0 Å². The van der Waals surface area contributed by atoms with Crippen molar-refractivity contribution in [1.29, 1.82) is 0 Å². The number of para-hydroxylation sites is 3. The Balaban J connectivity index is 2.03. The Morgan fingerprint density at radius 2 is 1.76 bits per heavy atom. The van der Waals surface area contributed by atoms with E-state index in [0.717, 1.165) is 0 Å². The molecule has 0 atom stereocenters. The number of hydrazone groups is 1. The highest BCUT2D eigenvalue weighted by molar-refractivity contribution is 6.39. The molecule has 0 aliphatic rings. The van der Waals surface area contributed by atoms with Crippen molar-refractivity contribution < 1.29 is 19.4 Å². The number of anilines is 1. The number of nitrogens with one attached hydrogen (secondary N) is 2. The third-order valence-corrected chi connectivity index (χ3v) is 3.26. The highest BCUT2D eigenvalue weighted by Crippen LogP contribution is 2.23. The zero-order valence-corrected chi connectivity index (χ0v) is 13.9. The molecule has 0 aromatic heterocycles. The largest absolute Gasteiger partial charge is 0.507 e. The summed E-state index contributed by atoms with van der Waals surface area (Å²) < 4.78 is 5.39. The highest BCUT2D eigenvalue weighted by atomic mass is 16.5. The van der Waals surface area contributed by atoms with Crippen molar-refractivity contribution in [3.8, 4) is 11.5 Å². The van der Waals surface area contributed by atoms with Crippen LogP contribution in [0.5, 0.6) is 11.5 Å². The Morgan fingerprint density at radius 3 is 2.48 bits per heavy atom. The molecule has 0 heterocycles. The molecule has 0 spiro atoms. The lowest BCUT2D eigenvalue weighted by Crippen LogP contribution is -2.33. The molecule has 7 nitrogen and oxygen atoms in total. The lowest BCUT2D eigenvalue weighted by atomic mass is 10.1. The van der Waals surface area contributed by atoms with E-state index >= 15 is 0 Å². The number of hydrogen-bond donors (Lipinski definition) is 3. The SMILES string of the molecule is CCOc1ccccc1NC(=O)C(=O)N/N=C(\C)c1ccccc1O. The summed E-state index contributed by atoms with van der Waals surface area (Å²) in [6.07, 6.45) is 0. The van der Waals surface area contributed by atoms with Crippen LogP contribution in [0.4, 0.5) is 5.69 Å². The zero-order valence-electron chi connectivity index (χ0n) is 13.9. The number of aromatic hydroxyl groups is 1. The molecule has 0 saturated heterocycles. The summed E-state index contributed by atoms with van der Waals surface area (Å²) in [5, 5.41) is 16.1. The first-order valence-electron chi connectivity index (χ1n) is 7.68. The number of carbonyl (C=O) groups excluding carboxylic acids is 2. The van der Waals surface area contributed by atoms with Crippen molar-refractivity contribution in [1.82, 2.24) is 5.43 Å². The molecule has 2 aromatic rings. The number of amides is 2. The molecular weight excluding hydrogens is 322 g/mol. The highest BCUT2D eigenvalue weighted by Gasteiger charge is 2.15. The van der Waals surface area contributed by atoms with Gasteiger partial charge in [0, 0.05) is 5.56 Å². The Labute approximate surface area is 145 Å². The summed E-state index contributed by atoms with van der Waals surface area (Å²) in [6.45, 7) is 3.86. The fourth-order valence-corrected chi connectivity index (χ4v) is 2.06. The van der Waals surface area contributed by atoms with Crippen LogP contribution in [0.2, 0.25) is 0 Å². The maximum atomic E-state index is 12.0. The van der Waals surface area contributed by atoms with E-state index in [9.17, 15) is 14.7 Å². The summed E-state index contributed by atoms with van der Waals surface area (Å²) in [6, 6.07) is 13.4. The van der Waals surface area contributed by atoms with Crippen LogP contribution in [0.25, 0.3) is 0 Å². The molecule has 0 aliphatic carbocycles. The second-order valence-electron chi connectivity index (χ2n) is 5.04. The maximum absolute atomic E-state index is 12.0. The number of ether oxygens (including phenoxy) is 1. The van der Waals surface area contributed by atoms with Gasteiger partial charge in [-0.25, -0.2) is 5.43 Å². The predicted molar refractivity (Wildman–Crippen MR) is 94.7 cm³/mol. The van der Waals surface area contributed by atoms with E-state index in [1.54, 1.807) is 49.4 Å². The molecule has 130 valence electrons. The van der Waals surface area contributed by atoms with Crippen molar-refractivity contribution >= 4 is 23.2 Å². The number of carbonyl (C=O) groups is 2. The topological polar surface area (TPSA) is 100 Å². The van der Waals surface area contributed by atoms with E-state index < -0.39 is 11.8 Å². The van der Waals surface area contributed by atoms with Gasteiger partial charge in [0.2, 0.25) is 0 Å². The van der Waals surface area contributed by atoms with E-state index in [1.807, 2.05) is 6.92 Å². The van der Waals surface area contributed by atoms with Gasteiger partial charge in [0.1, 0.15) is 11.5 Å². The van der Waals surface area contributed by atoms with Crippen molar-refractivity contribution in [3.63, 3.8) is 0 Å². The van der Waals surface area contributed by atoms with Gasteiger partial charge >= 0.3 is 11.8 Å². The molecule has 2 aromatic carbocycles. The van der Waals surface area contributed by atoms with E-state index in [1.165, 1.54) is 6.07 Å². The summed E-state index contributed by atoms with van der Waals surface area (Å²) in [5.74, 6) is -1.30. The van der Waals surface area contributed by atoms with Crippen molar-refractivity contribution in [3.05, 3.63) is 54.1 Å². The molecule has 2 rings (SSSR count). The number of benzene rings is 2. The molecule has 0 unspecified atom stereocenters. The average Bonchev–Trinajstić information content (AvgIpc) is 2.61. The van der Waals surface area contributed by atoms with Gasteiger partial charge in [0.05, 0.1) is 18.0 Å². The molecular formula is C18H19N3O4. The smallest absolute Gasteiger partial charge is 0.329 e. The van der Waals surface area contributed by atoms with Crippen LogP contribution in [0.3, 0.4) is 0 Å². The van der Waals surface area contributed by atoms with Crippen LogP contribution in [0.15, 0.2) is 53.6 Å². The van der Waals surface area contributed by atoms with Gasteiger partial charge in [0.15, 0.2) is 0 Å². The first kappa shape index (κ1) is 18.0. The van der Waals surface area contributed by atoms with Gasteiger partial charge in [-0.05, 0) is 38.1 Å². The van der Waals surface area contributed by atoms with Gasteiger partial charge in [-0.15, -0.1) is 0 Å². The van der Waals surface area contributed by atoms with Crippen molar-refractivity contribution in [2.45, 2.75) is 13.8 Å². The van der Waals surface area contributed by atoms with Crippen LogP contribution in [0.1, 0.15) is 19.4 Å². The van der Waals surface area contributed by atoms with Crippen LogP contribution >= 0.6 is 0 Å². The molecule has 0 fully saturated rings. The number of hydrogen-bond acceptors (Lipinski definition) is 5. The number of rotatable bonds is 5. The van der Waals surface area contributed by atoms with Gasteiger partial charge < -0.3 is 15.2 Å². The Kier molecular flexibility index (Phi) is 6.11. The van der Waals surface area contributed by atoms with Crippen LogP contribution in [0, 0.1) is 0 Å². The fourth-order valence-electron chi connectivity index (χ4n) is 2.06. The van der Waals surface area contributed by atoms with E-state index in [4.69, 9.17) is 4.74 Å². The molecule has 0 radical (unpaired) electrons. The standard InChI is InChI=1S/C18H19N3O4/c1-3-25-16-11-7-5-9-14(16)19-17(23)18(24)21-20-12(2)13-8-4-6-10-15(13)22/h4-11,22H,3H2,1-2H3,(H,19,23)(H,21,24)/b20-12+. The molecule has 2 amide bonds. The summed E-state index contributed by atoms with van der Waals surface area (Å²) in [4.78, 5) is 23.9. The van der Waals surface area contributed by atoms with Gasteiger partial charge in [-0.1, -0.05) is 24.3 Å². The van der Waals surface area contributed by atoms with Crippen LogP contribution in [-0.4, -0.2) is 29.2 Å². The molecule has 0 bridgehead atoms. The van der Waals surface area contributed by atoms with Crippen molar-refractivity contribution in [2.75, 3.05) is 11.9 Å². The quantitative estimate of drug-likeness (QED) is 0.441. The molecule has 7 heteroatoms. The van der Waals surface area contributed by atoms with E-state index in [0.29, 0.717) is 29.3 Å². The second kappa shape index (κ2) is 8.49. The lowest BCUT2D eigenvalue weighted by molar-refractivity contribution is -0.136. The second-order valence-corrected chi connectivity index (χ2v) is 5.04. The van der Waals surface area contributed by atoms with Crippen LogP contribution in [-0.2, 0) is 9.59 Å². The maximum Gasteiger partial charge on any atom is 0.329 e. The molecule has 3 N–H and O–H groups in total. The minimum Gasteiger partial charge on any atom is -0.507 e. The first-order valence-corrected chi connectivity index (χ1v) is 7.68. The number of phenolic OH excluding ortho intramolecular Hbond substituents is 1. The monoisotopic (exact) mass is 341 g/mol. The van der Waals surface area contributed by atoms with Gasteiger partial charge in [-0.3, -0.25) is 9.59 Å². The normalized spacial score (nSPS) is 10.9. The fraction of sp³-hybridized carbons (Fsp3) is 0.167. The summed E-state index contributed by atoms with van der Waals surface area (Å²) in [7, 11) is 0. The van der Waals surface area contributed by atoms with E-state index in [2.05, 4.69) is 15.8 Å². The zero-order chi connectivity index (χ0) is 18.2. The van der Waals surface area contributed by atoms with E-state index in [-0.39, 0.29) is 5.75 Å². The number of phenols is 1. The predicted octanol–water partition coefficient (Wildman–Crippen LogP) is 2.27. The molecule has 0 saturated carbocycles. The minimum atomic E-state index is -0.930. The first-order chi connectivity index (χ1) is 12.0. The Bertz CT molecular complexity index is 802. The Hall–Kier alpha value is -3.35. The summed E-state index contributed by atoms with van der Waals surface area (Å²) in [5.41, 5.74) is 3.39. The Morgan fingerprint density at radius 1 is 1.08 bits per heavy atom. The number of nitrogens with zero attached hydrogens (tertiary/aromatic N) is 1. The summed E-state index contributed by atoms with van der Waals surface area (Å²) >= 11 is 0. The van der Waals surface area contributed by atoms with Gasteiger partial charge in [-0.2, -0.15) is 5.10 Å². The third-order valence-electron chi connectivity index (χ3n) is 3.26. The van der Waals surface area contributed by atoms with Crippen molar-refractivity contribution in [2.24, 2.45) is 5.10 Å². The van der Waals surface area contributed by atoms with Crippen LogP contribution < -0.4 is 15.5 Å². The third kappa shape index (κ3) is 4.81. The molecule has 0 aliphatic heterocycles. The average molecular weight is 341 g/mol. The lowest BCUT2D eigenvalue weighted by Gasteiger charge is -2.10. The molecule has 25 heavy (non-hydrogen) atoms. The minimum absolute atomic E-state index is 0.0353.